The minimum absolute atomic E-state index is 0.0729. The second-order valence-corrected chi connectivity index (χ2v) is 10.3. The van der Waals surface area contributed by atoms with E-state index < -0.39 is 21.6 Å². The van der Waals surface area contributed by atoms with Crippen LogP contribution in [-0.4, -0.2) is 48.5 Å². The summed E-state index contributed by atoms with van der Waals surface area (Å²) in [6, 6.07) is 2.92. The van der Waals surface area contributed by atoms with Crippen molar-refractivity contribution in [3.63, 3.8) is 0 Å². The Balaban J connectivity index is 1.98. The molecule has 2 aromatic rings. The first kappa shape index (κ1) is 25.6. The number of rotatable bonds is 10. The summed E-state index contributed by atoms with van der Waals surface area (Å²) in [5.41, 5.74) is 1.77. The van der Waals surface area contributed by atoms with Gasteiger partial charge in [0.15, 0.2) is 15.6 Å². The molecule has 1 aliphatic heterocycles. The van der Waals surface area contributed by atoms with Crippen molar-refractivity contribution in [1.82, 2.24) is 9.78 Å². The lowest BCUT2D eigenvalue weighted by Gasteiger charge is -2.21. The quantitative estimate of drug-likeness (QED) is 0.215. The van der Waals surface area contributed by atoms with Crippen molar-refractivity contribution in [2.45, 2.75) is 70.7 Å². The van der Waals surface area contributed by atoms with E-state index in [1.807, 2.05) is 6.92 Å². The second kappa shape index (κ2) is 10.9. The van der Waals surface area contributed by atoms with Gasteiger partial charge in [0.25, 0.3) is 0 Å². The minimum atomic E-state index is -3.49. The van der Waals surface area contributed by atoms with Crippen LogP contribution in [0.25, 0.3) is 0 Å². The van der Waals surface area contributed by atoms with Gasteiger partial charge in [-0.05, 0) is 38.0 Å². The molecule has 1 aromatic heterocycles. The van der Waals surface area contributed by atoms with E-state index in [-0.39, 0.29) is 40.5 Å². The number of aryl methyl sites for hydroxylation is 1. The number of carbonyl (C=O) groups is 2. The first-order chi connectivity index (χ1) is 16.2. The van der Waals surface area contributed by atoms with Crippen LogP contribution in [0.1, 0.15) is 79.4 Å². The number of ketones is 1. The first-order valence-corrected chi connectivity index (χ1v) is 13.2. The molecule has 0 amide bonds. The van der Waals surface area contributed by atoms with Crippen LogP contribution in [0.4, 0.5) is 0 Å². The Kier molecular flexibility index (Phi) is 8.24. The number of fused-ring (bicyclic) bond motifs is 1. The molecule has 1 aliphatic rings. The van der Waals surface area contributed by atoms with E-state index in [1.54, 1.807) is 6.92 Å². The topological polar surface area (TPSA) is 117 Å². The number of esters is 1. The highest BCUT2D eigenvalue weighted by molar-refractivity contribution is 7.91. The normalized spacial score (nSPS) is 15.7. The Hall–Kier alpha value is -3.01. The molecule has 1 aromatic carbocycles. The molecule has 0 saturated carbocycles. The molecule has 0 fully saturated rings. The lowest BCUT2D eigenvalue weighted by molar-refractivity contribution is -0.135. The van der Waals surface area contributed by atoms with Crippen LogP contribution in [0.15, 0.2) is 28.4 Å². The number of ether oxygens (including phenoxy) is 1. The van der Waals surface area contributed by atoms with Crippen molar-refractivity contribution in [1.29, 1.82) is 0 Å². The number of oxime groups is 1. The molecule has 184 valence electrons. The number of hydrogen-bond donors (Lipinski definition) is 0. The number of nitrogens with zero attached hydrogens (tertiary/aromatic N) is 3. The van der Waals surface area contributed by atoms with Crippen molar-refractivity contribution in [3.8, 4) is 5.88 Å². The fourth-order valence-electron chi connectivity index (χ4n) is 4.08. The molecular formula is C24H31N3O6S. The fraction of sp³-hybridized carbons (Fsp3) is 0.500. The predicted molar refractivity (Wildman–Crippen MR) is 127 cm³/mol. The number of sulfone groups is 1. The average Bonchev–Trinajstić information content (AvgIpc) is 3.21. The zero-order valence-electron chi connectivity index (χ0n) is 20.1. The largest absolute Gasteiger partial charge is 0.407 e. The Morgan fingerprint density at radius 2 is 1.91 bits per heavy atom. The lowest BCUT2D eigenvalue weighted by atomic mass is 9.93. The van der Waals surface area contributed by atoms with Crippen LogP contribution in [0.3, 0.4) is 0 Å². The van der Waals surface area contributed by atoms with Gasteiger partial charge < -0.3 is 9.57 Å². The lowest BCUT2D eigenvalue weighted by Crippen LogP contribution is -2.24. The van der Waals surface area contributed by atoms with E-state index in [0.29, 0.717) is 23.4 Å². The number of carbonyl (C=O) groups excluding carboxylic acids is 2. The summed E-state index contributed by atoms with van der Waals surface area (Å²) in [6.45, 7) is 6.03. The summed E-state index contributed by atoms with van der Waals surface area (Å²) in [6.07, 6.45) is 5.60. The third-order valence-corrected chi connectivity index (χ3v) is 7.64. The third kappa shape index (κ3) is 5.22. The van der Waals surface area contributed by atoms with Crippen LogP contribution in [-0.2, 0) is 26.0 Å². The van der Waals surface area contributed by atoms with Gasteiger partial charge in [-0.1, -0.05) is 31.3 Å². The first-order valence-electron chi connectivity index (χ1n) is 11.5. The SMILES string of the molecule is CCCCCCC(=O)Oc1c(C(=O)c2ccc3c(c2C)/C(=N/OC)CCS3(=O)=O)cnn1CC. The van der Waals surface area contributed by atoms with E-state index in [0.717, 1.165) is 25.7 Å². The Labute approximate surface area is 200 Å². The van der Waals surface area contributed by atoms with Gasteiger partial charge in [-0.2, -0.15) is 5.10 Å². The van der Waals surface area contributed by atoms with Gasteiger partial charge in [-0.25, -0.2) is 13.1 Å². The summed E-state index contributed by atoms with van der Waals surface area (Å²) in [5, 5.41) is 8.20. The number of unbranched alkanes of at least 4 members (excludes halogenated alkanes) is 3. The van der Waals surface area contributed by atoms with Gasteiger partial charge >= 0.3 is 5.97 Å². The zero-order valence-corrected chi connectivity index (χ0v) is 20.9. The molecule has 34 heavy (non-hydrogen) atoms. The highest BCUT2D eigenvalue weighted by Gasteiger charge is 2.32. The van der Waals surface area contributed by atoms with Gasteiger partial charge in [-0.15, -0.1) is 0 Å². The Morgan fingerprint density at radius 1 is 1.15 bits per heavy atom. The highest BCUT2D eigenvalue weighted by Crippen LogP contribution is 2.32. The van der Waals surface area contributed by atoms with Crippen LogP contribution in [0, 0.1) is 6.92 Å². The van der Waals surface area contributed by atoms with E-state index in [4.69, 9.17) is 9.57 Å². The summed E-state index contributed by atoms with van der Waals surface area (Å²) in [4.78, 5) is 31.0. The van der Waals surface area contributed by atoms with E-state index in [1.165, 1.54) is 30.1 Å². The summed E-state index contributed by atoms with van der Waals surface area (Å²) in [7, 11) is -2.10. The molecule has 0 N–H and O–H groups in total. The number of hydrogen-bond acceptors (Lipinski definition) is 8. The highest BCUT2D eigenvalue weighted by atomic mass is 32.2. The molecule has 0 radical (unpaired) electrons. The van der Waals surface area contributed by atoms with Crippen LogP contribution in [0.5, 0.6) is 5.88 Å². The van der Waals surface area contributed by atoms with Crippen molar-refractivity contribution < 1.29 is 27.6 Å². The standard InChI is InChI=1S/C24H31N3O6S/c1-5-7-8-9-10-21(28)33-24-18(15-25-27(24)6-2)23(29)17-11-12-20-22(16(17)3)19(26-32-4)13-14-34(20,30)31/h11-12,15H,5-10,13-14H2,1-4H3/b26-19+. The van der Waals surface area contributed by atoms with E-state index in [2.05, 4.69) is 17.2 Å². The molecule has 9 nitrogen and oxygen atoms in total. The third-order valence-electron chi connectivity index (χ3n) is 5.88. The van der Waals surface area contributed by atoms with Gasteiger partial charge in [0.2, 0.25) is 5.88 Å². The molecule has 2 heterocycles. The molecule has 0 bridgehead atoms. The predicted octanol–water partition coefficient (Wildman–Crippen LogP) is 3.85. The van der Waals surface area contributed by atoms with E-state index >= 15 is 0 Å². The molecular weight excluding hydrogens is 458 g/mol. The molecule has 0 aliphatic carbocycles. The van der Waals surface area contributed by atoms with Crippen molar-refractivity contribution in [2.24, 2.45) is 5.16 Å². The Bertz CT molecular complexity index is 1210. The number of benzene rings is 1. The maximum absolute atomic E-state index is 13.5. The molecule has 3 rings (SSSR count). The van der Waals surface area contributed by atoms with Crippen molar-refractivity contribution in [2.75, 3.05) is 12.9 Å². The van der Waals surface area contributed by atoms with Crippen LogP contribution >= 0.6 is 0 Å². The molecule has 0 saturated heterocycles. The molecule has 0 spiro atoms. The summed E-state index contributed by atoms with van der Waals surface area (Å²) >= 11 is 0. The maximum atomic E-state index is 13.5. The number of aromatic nitrogens is 2. The average molecular weight is 490 g/mol. The van der Waals surface area contributed by atoms with Crippen LogP contribution < -0.4 is 4.74 Å². The van der Waals surface area contributed by atoms with Crippen LogP contribution in [0.2, 0.25) is 0 Å². The van der Waals surface area contributed by atoms with Gasteiger partial charge in [0.05, 0.1) is 22.6 Å². The summed E-state index contributed by atoms with van der Waals surface area (Å²) < 4.78 is 32.3. The zero-order chi connectivity index (χ0) is 24.9. The van der Waals surface area contributed by atoms with E-state index in [9.17, 15) is 18.0 Å². The molecule has 0 unspecified atom stereocenters. The van der Waals surface area contributed by atoms with Gasteiger partial charge in [0, 0.05) is 30.5 Å². The fourth-order valence-corrected chi connectivity index (χ4v) is 5.62. The molecule has 10 heteroatoms. The second-order valence-electron chi connectivity index (χ2n) is 8.19. The van der Waals surface area contributed by atoms with Gasteiger partial charge in [-0.3, -0.25) is 9.59 Å². The van der Waals surface area contributed by atoms with Gasteiger partial charge in [0.1, 0.15) is 12.7 Å². The molecule has 0 atom stereocenters. The van der Waals surface area contributed by atoms with Crippen molar-refractivity contribution >= 4 is 27.3 Å². The monoisotopic (exact) mass is 489 g/mol. The smallest absolute Gasteiger partial charge is 0.312 e. The minimum Gasteiger partial charge on any atom is -0.407 e. The van der Waals surface area contributed by atoms with Crippen molar-refractivity contribution in [3.05, 3.63) is 40.6 Å². The maximum Gasteiger partial charge on any atom is 0.312 e. The Morgan fingerprint density at radius 3 is 2.59 bits per heavy atom. The summed E-state index contributed by atoms with van der Waals surface area (Å²) in [5.74, 6) is -0.795.